The molecule has 0 aliphatic carbocycles. The number of fused-ring (bicyclic) bond motifs is 1. The minimum atomic E-state index is -0.520. The highest BCUT2D eigenvalue weighted by molar-refractivity contribution is 5.99. The maximum absolute atomic E-state index is 12.1. The van der Waals surface area contributed by atoms with Crippen molar-refractivity contribution in [3.05, 3.63) is 35.4 Å². The predicted octanol–water partition coefficient (Wildman–Crippen LogP) is 1.86. The van der Waals surface area contributed by atoms with Crippen LogP contribution in [0.1, 0.15) is 42.6 Å². The van der Waals surface area contributed by atoms with E-state index >= 15 is 0 Å². The molecule has 1 aliphatic rings. The van der Waals surface area contributed by atoms with E-state index in [4.69, 9.17) is 4.74 Å². The van der Waals surface area contributed by atoms with Crippen molar-refractivity contribution < 1.29 is 14.3 Å². The van der Waals surface area contributed by atoms with Crippen molar-refractivity contribution in [1.82, 2.24) is 5.32 Å². The molecule has 1 heterocycles. The third-order valence-electron chi connectivity index (χ3n) is 2.74. The lowest BCUT2D eigenvalue weighted by molar-refractivity contribution is -0.156. The van der Waals surface area contributed by atoms with Crippen molar-refractivity contribution in [2.24, 2.45) is 0 Å². The molecule has 0 saturated carbocycles. The van der Waals surface area contributed by atoms with Crippen LogP contribution >= 0.6 is 0 Å². The van der Waals surface area contributed by atoms with Crippen LogP contribution in [0.25, 0.3) is 0 Å². The van der Waals surface area contributed by atoms with Crippen molar-refractivity contribution in [2.75, 3.05) is 6.54 Å². The number of carbonyl (C=O) groups excluding carboxylic acids is 2. The number of esters is 1. The third kappa shape index (κ3) is 2.53. The molecule has 1 amide bonds. The average molecular weight is 247 g/mol. The van der Waals surface area contributed by atoms with Gasteiger partial charge in [-0.3, -0.25) is 9.59 Å². The van der Waals surface area contributed by atoms with Gasteiger partial charge in [-0.15, -0.1) is 0 Å². The molecule has 1 N–H and O–H groups in total. The van der Waals surface area contributed by atoms with Gasteiger partial charge in [-0.2, -0.15) is 0 Å². The second-order valence-corrected chi connectivity index (χ2v) is 5.38. The van der Waals surface area contributed by atoms with E-state index in [1.807, 2.05) is 32.9 Å². The lowest BCUT2D eigenvalue weighted by Gasteiger charge is -2.28. The standard InChI is InChI=1S/C14H17NO3/c1-14(2,3)18-13(17)11-8-15-12(16)10-7-5-4-6-9(10)11/h4-7,11H,8H2,1-3H3,(H,15,16). The van der Waals surface area contributed by atoms with Crippen molar-refractivity contribution in [1.29, 1.82) is 0 Å². The van der Waals surface area contributed by atoms with Crippen LogP contribution in [-0.4, -0.2) is 24.0 Å². The molecule has 0 fully saturated rings. The van der Waals surface area contributed by atoms with Gasteiger partial charge in [0, 0.05) is 12.1 Å². The van der Waals surface area contributed by atoms with Gasteiger partial charge in [-0.05, 0) is 32.4 Å². The highest BCUT2D eigenvalue weighted by Gasteiger charge is 2.33. The van der Waals surface area contributed by atoms with Crippen molar-refractivity contribution >= 4 is 11.9 Å². The van der Waals surface area contributed by atoms with E-state index in [9.17, 15) is 9.59 Å². The number of rotatable bonds is 1. The number of hydrogen-bond acceptors (Lipinski definition) is 3. The molecule has 1 aliphatic heterocycles. The van der Waals surface area contributed by atoms with E-state index in [-0.39, 0.29) is 11.9 Å². The molecule has 0 saturated heterocycles. The monoisotopic (exact) mass is 247 g/mol. The summed E-state index contributed by atoms with van der Waals surface area (Å²) >= 11 is 0. The molecule has 4 nitrogen and oxygen atoms in total. The molecule has 0 radical (unpaired) electrons. The zero-order chi connectivity index (χ0) is 13.3. The highest BCUT2D eigenvalue weighted by Crippen LogP contribution is 2.26. The fourth-order valence-corrected chi connectivity index (χ4v) is 1.99. The molecule has 0 aromatic heterocycles. The largest absolute Gasteiger partial charge is 0.459 e. The Bertz CT molecular complexity index is 488. The normalized spacial score (nSPS) is 18.8. The summed E-state index contributed by atoms with van der Waals surface area (Å²) in [7, 11) is 0. The fourth-order valence-electron chi connectivity index (χ4n) is 1.99. The smallest absolute Gasteiger partial charge is 0.315 e. The van der Waals surface area contributed by atoms with E-state index in [2.05, 4.69) is 5.32 Å². The van der Waals surface area contributed by atoms with Gasteiger partial charge in [0.1, 0.15) is 5.60 Å². The van der Waals surface area contributed by atoms with Crippen LogP contribution in [0.4, 0.5) is 0 Å². The molecule has 0 bridgehead atoms. The lowest BCUT2D eigenvalue weighted by atomic mass is 9.90. The number of benzene rings is 1. The van der Waals surface area contributed by atoms with E-state index in [0.29, 0.717) is 12.1 Å². The minimum Gasteiger partial charge on any atom is -0.459 e. The van der Waals surface area contributed by atoms with Crippen molar-refractivity contribution in [3.8, 4) is 0 Å². The first-order chi connectivity index (χ1) is 8.38. The molecule has 4 heteroatoms. The van der Waals surface area contributed by atoms with Gasteiger partial charge in [0.05, 0.1) is 5.92 Å². The van der Waals surface area contributed by atoms with Crippen LogP contribution < -0.4 is 5.32 Å². The summed E-state index contributed by atoms with van der Waals surface area (Å²) in [5.41, 5.74) is 0.781. The minimum absolute atomic E-state index is 0.134. The van der Waals surface area contributed by atoms with Gasteiger partial charge >= 0.3 is 5.97 Å². The first kappa shape index (κ1) is 12.6. The Kier molecular flexibility index (Phi) is 3.11. The maximum Gasteiger partial charge on any atom is 0.315 e. The molecule has 0 spiro atoms. The van der Waals surface area contributed by atoms with E-state index < -0.39 is 11.5 Å². The second kappa shape index (κ2) is 4.44. The SMILES string of the molecule is CC(C)(C)OC(=O)C1CNC(=O)c2ccccc21. The number of carbonyl (C=O) groups is 2. The molecule has 1 aromatic rings. The molecule has 96 valence electrons. The van der Waals surface area contributed by atoms with Crippen LogP contribution in [0.2, 0.25) is 0 Å². The molecule has 1 aromatic carbocycles. The van der Waals surface area contributed by atoms with Gasteiger partial charge in [-0.25, -0.2) is 0 Å². The first-order valence-electron chi connectivity index (χ1n) is 5.98. The molecule has 1 unspecified atom stereocenters. The lowest BCUT2D eigenvalue weighted by Crippen LogP contribution is -2.40. The van der Waals surface area contributed by atoms with Crippen LogP contribution in [0.15, 0.2) is 24.3 Å². The van der Waals surface area contributed by atoms with Crippen LogP contribution in [0, 0.1) is 0 Å². The van der Waals surface area contributed by atoms with Crippen LogP contribution in [-0.2, 0) is 9.53 Å². The quantitative estimate of drug-likeness (QED) is 0.771. The van der Waals surface area contributed by atoms with Gasteiger partial charge in [0.2, 0.25) is 0 Å². The average Bonchev–Trinajstić information content (AvgIpc) is 2.27. The van der Waals surface area contributed by atoms with E-state index in [0.717, 1.165) is 5.56 Å². The maximum atomic E-state index is 12.1. The molecule has 1 atom stereocenters. The molecular formula is C14H17NO3. The van der Waals surface area contributed by atoms with Crippen LogP contribution in [0.3, 0.4) is 0 Å². The molecule has 18 heavy (non-hydrogen) atoms. The zero-order valence-electron chi connectivity index (χ0n) is 10.8. The first-order valence-corrected chi connectivity index (χ1v) is 5.98. The highest BCUT2D eigenvalue weighted by atomic mass is 16.6. The van der Waals surface area contributed by atoms with Gasteiger partial charge in [-0.1, -0.05) is 18.2 Å². The van der Waals surface area contributed by atoms with Gasteiger partial charge < -0.3 is 10.1 Å². The Labute approximate surface area is 106 Å². The Morgan fingerprint density at radius 1 is 1.33 bits per heavy atom. The summed E-state index contributed by atoms with van der Waals surface area (Å²) in [6.45, 7) is 5.79. The van der Waals surface area contributed by atoms with E-state index in [1.165, 1.54) is 0 Å². The summed E-state index contributed by atoms with van der Waals surface area (Å²) in [4.78, 5) is 23.8. The zero-order valence-corrected chi connectivity index (χ0v) is 10.8. The summed E-state index contributed by atoms with van der Waals surface area (Å²) in [5.74, 6) is -0.849. The third-order valence-corrected chi connectivity index (χ3v) is 2.74. The van der Waals surface area contributed by atoms with Crippen molar-refractivity contribution in [3.63, 3.8) is 0 Å². The summed E-state index contributed by atoms with van der Waals surface area (Å²) in [5, 5.41) is 2.72. The topological polar surface area (TPSA) is 55.4 Å². The number of ether oxygens (including phenoxy) is 1. The summed E-state index contributed by atoms with van der Waals surface area (Å²) in [6.07, 6.45) is 0. The van der Waals surface area contributed by atoms with Crippen molar-refractivity contribution in [2.45, 2.75) is 32.3 Å². The molecular weight excluding hydrogens is 230 g/mol. The Hall–Kier alpha value is -1.84. The Morgan fingerprint density at radius 2 is 2.00 bits per heavy atom. The number of amides is 1. The van der Waals surface area contributed by atoms with Gasteiger partial charge in [0.25, 0.3) is 5.91 Å². The van der Waals surface area contributed by atoms with E-state index in [1.54, 1.807) is 12.1 Å². The predicted molar refractivity (Wildman–Crippen MR) is 67.4 cm³/mol. The second-order valence-electron chi connectivity index (χ2n) is 5.38. The summed E-state index contributed by atoms with van der Waals surface area (Å²) in [6, 6.07) is 7.15. The fraction of sp³-hybridized carbons (Fsp3) is 0.429. The number of nitrogens with one attached hydrogen (secondary N) is 1. The van der Waals surface area contributed by atoms with Crippen LogP contribution in [0.5, 0.6) is 0 Å². The number of hydrogen-bond donors (Lipinski definition) is 1. The Morgan fingerprint density at radius 3 is 2.67 bits per heavy atom. The van der Waals surface area contributed by atoms with Gasteiger partial charge in [0.15, 0.2) is 0 Å². The molecule has 2 rings (SSSR count). The summed E-state index contributed by atoms with van der Waals surface area (Å²) < 4.78 is 5.38. The Balaban J connectivity index is 2.29.